The van der Waals surface area contributed by atoms with E-state index in [1.807, 2.05) is 43.3 Å². The second-order valence-electron chi connectivity index (χ2n) is 8.95. The fourth-order valence-electron chi connectivity index (χ4n) is 4.13. The molecule has 3 aromatic rings. The van der Waals surface area contributed by atoms with Gasteiger partial charge in [-0.05, 0) is 69.2 Å². The molecule has 0 aliphatic carbocycles. The number of amides is 2. The van der Waals surface area contributed by atoms with Crippen LogP contribution in [-0.4, -0.2) is 39.1 Å². The summed E-state index contributed by atoms with van der Waals surface area (Å²) in [5.74, 6) is -1.47. The Morgan fingerprint density at radius 3 is 2.49 bits per heavy atom. The van der Waals surface area contributed by atoms with Crippen molar-refractivity contribution in [1.29, 1.82) is 5.26 Å². The number of carbonyl (C=O) groups excluding carboxylic acids is 2. The quantitative estimate of drug-likeness (QED) is 0.319. The van der Waals surface area contributed by atoms with Gasteiger partial charge in [-0.3, -0.25) is 14.5 Å². The van der Waals surface area contributed by atoms with E-state index in [0.717, 1.165) is 17.0 Å². The number of hydrogen-bond acceptors (Lipinski definition) is 5. The van der Waals surface area contributed by atoms with E-state index in [9.17, 15) is 19.2 Å². The summed E-state index contributed by atoms with van der Waals surface area (Å²) >= 11 is 0. The number of aromatic nitrogens is 2. The highest BCUT2D eigenvalue weighted by Gasteiger charge is 2.37. The normalized spacial score (nSPS) is 15.1. The Balaban J connectivity index is 1.90. The van der Waals surface area contributed by atoms with Gasteiger partial charge in [0.15, 0.2) is 11.6 Å². The molecule has 2 aromatic carbocycles. The van der Waals surface area contributed by atoms with Gasteiger partial charge in [0.1, 0.15) is 17.3 Å². The van der Waals surface area contributed by atoms with Crippen LogP contribution >= 0.6 is 0 Å². The number of nitrogens with zero attached hydrogens (tertiary/aromatic N) is 4. The third-order valence-electron chi connectivity index (χ3n) is 6.02. The number of halogens is 1. The van der Waals surface area contributed by atoms with Crippen LogP contribution in [0.5, 0.6) is 5.75 Å². The van der Waals surface area contributed by atoms with E-state index in [0.29, 0.717) is 29.0 Å². The van der Waals surface area contributed by atoms with Crippen molar-refractivity contribution in [3.8, 4) is 28.8 Å². The van der Waals surface area contributed by atoms with Crippen LogP contribution in [-0.2, 0) is 9.59 Å². The van der Waals surface area contributed by atoms with Gasteiger partial charge in [-0.25, -0.2) is 9.07 Å². The van der Waals surface area contributed by atoms with E-state index < -0.39 is 23.7 Å². The Bertz CT molecular complexity index is 1460. The number of ether oxygens (including phenoxy) is 1. The molecule has 7 nitrogen and oxygen atoms in total. The summed E-state index contributed by atoms with van der Waals surface area (Å²) in [5, 5.41) is 14.3. The van der Waals surface area contributed by atoms with Gasteiger partial charge in [0.05, 0.1) is 12.3 Å². The summed E-state index contributed by atoms with van der Waals surface area (Å²) in [5.41, 5.74) is 2.65. The van der Waals surface area contributed by atoms with Crippen molar-refractivity contribution in [3.63, 3.8) is 0 Å². The predicted octanol–water partition coefficient (Wildman–Crippen LogP) is 5.47. The fourth-order valence-corrected chi connectivity index (χ4v) is 4.13. The first-order chi connectivity index (χ1) is 17.8. The molecule has 0 atom stereocenters. The van der Waals surface area contributed by atoms with Crippen LogP contribution in [0, 0.1) is 17.1 Å². The standard InChI is InChI=1S/C29H27FN4O3/c1-5-13-37-26-12-11-20(15-25(26)30)27-21(17-33(32-27)22-9-7-6-8-10-22)14-23-19(4)24(16-31)29(36)34(18(2)3)28(23)35/h6-12,14-15,17-18H,5,13H2,1-4H3/b23-14+. The fraction of sp³-hybridized carbons (Fsp3) is 0.241. The van der Waals surface area contributed by atoms with Crippen LogP contribution in [0.4, 0.5) is 4.39 Å². The molecular formula is C29H27FN4O3. The maximum atomic E-state index is 14.9. The smallest absolute Gasteiger partial charge is 0.271 e. The lowest BCUT2D eigenvalue weighted by atomic mass is 9.92. The highest BCUT2D eigenvalue weighted by molar-refractivity contribution is 6.20. The largest absolute Gasteiger partial charge is 0.491 e. The lowest BCUT2D eigenvalue weighted by molar-refractivity contribution is -0.142. The van der Waals surface area contributed by atoms with Gasteiger partial charge in [-0.15, -0.1) is 0 Å². The van der Waals surface area contributed by atoms with Crippen molar-refractivity contribution < 1.29 is 18.7 Å². The van der Waals surface area contributed by atoms with E-state index in [-0.39, 0.29) is 16.9 Å². The first-order valence-corrected chi connectivity index (χ1v) is 12.1. The molecule has 1 aliphatic rings. The first kappa shape index (κ1) is 25.6. The molecule has 2 heterocycles. The summed E-state index contributed by atoms with van der Waals surface area (Å²) in [4.78, 5) is 27.2. The molecule has 8 heteroatoms. The topological polar surface area (TPSA) is 88.2 Å². The summed E-state index contributed by atoms with van der Waals surface area (Å²) in [6, 6.07) is 15.5. The van der Waals surface area contributed by atoms with Crippen LogP contribution in [0.15, 0.2) is 71.4 Å². The van der Waals surface area contributed by atoms with Crippen LogP contribution < -0.4 is 4.74 Å². The van der Waals surface area contributed by atoms with E-state index in [4.69, 9.17) is 9.84 Å². The molecule has 4 rings (SSSR count). The Kier molecular flexibility index (Phi) is 7.35. The van der Waals surface area contributed by atoms with E-state index in [1.54, 1.807) is 49.9 Å². The Hall–Kier alpha value is -4.51. The molecule has 1 aromatic heterocycles. The molecule has 0 bridgehead atoms. The minimum absolute atomic E-state index is 0.0833. The van der Waals surface area contributed by atoms with Gasteiger partial charge in [-0.1, -0.05) is 25.1 Å². The summed E-state index contributed by atoms with van der Waals surface area (Å²) in [6.07, 6.45) is 4.10. The summed E-state index contributed by atoms with van der Waals surface area (Å²) in [6.45, 7) is 7.35. The third kappa shape index (κ3) is 4.94. The maximum Gasteiger partial charge on any atom is 0.271 e. The molecule has 0 saturated carbocycles. The molecule has 0 fully saturated rings. The number of carbonyl (C=O) groups is 2. The molecule has 37 heavy (non-hydrogen) atoms. The Labute approximate surface area is 215 Å². The highest BCUT2D eigenvalue weighted by atomic mass is 19.1. The minimum atomic E-state index is -0.609. The van der Waals surface area contributed by atoms with Crippen molar-refractivity contribution in [2.75, 3.05) is 6.61 Å². The van der Waals surface area contributed by atoms with Crippen LogP contribution in [0.2, 0.25) is 0 Å². The maximum absolute atomic E-state index is 14.9. The predicted molar refractivity (Wildman–Crippen MR) is 138 cm³/mol. The molecule has 0 N–H and O–H groups in total. The number of benzene rings is 2. The molecule has 0 unspecified atom stereocenters. The van der Waals surface area contributed by atoms with Crippen LogP contribution in [0.25, 0.3) is 23.0 Å². The third-order valence-corrected chi connectivity index (χ3v) is 6.02. The van der Waals surface area contributed by atoms with Crippen molar-refractivity contribution in [3.05, 3.63) is 82.8 Å². The monoisotopic (exact) mass is 498 g/mol. The molecule has 2 amide bonds. The van der Waals surface area contributed by atoms with Crippen LogP contribution in [0.1, 0.15) is 39.7 Å². The van der Waals surface area contributed by atoms with Gasteiger partial charge >= 0.3 is 0 Å². The average molecular weight is 499 g/mol. The average Bonchev–Trinajstić information content (AvgIpc) is 3.30. The van der Waals surface area contributed by atoms with E-state index in [1.165, 1.54) is 6.07 Å². The Morgan fingerprint density at radius 1 is 1.14 bits per heavy atom. The Morgan fingerprint density at radius 2 is 1.86 bits per heavy atom. The minimum Gasteiger partial charge on any atom is -0.491 e. The van der Waals surface area contributed by atoms with Gasteiger partial charge in [0, 0.05) is 28.9 Å². The van der Waals surface area contributed by atoms with Gasteiger partial charge in [0.2, 0.25) is 0 Å². The first-order valence-electron chi connectivity index (χ1n) is 12.1. The zero-order chi connectivity index (χ0) is 26.7. The van der Waals surface area contributed by atoms with Crippen molar-refractivity contribution >= 4 is 17.9 Å². The molecule has 0 saturated heterocycles. The lowest BCUT2D eigenvalue weighted by Gasteiger charge is -2.30. The molecule has 1 aliphatic heterocycles. The van der Waals surface area contributed by atoms with Gasteiger partial charge in [0.25, 0.3) is 11.8 Å². The molecular weight excluding hydrogens is 471 g/mol. The molecule has 0 spiro atoms. The molecule has 0 radical (unpaired) electrons. The van der Waals surface area contributed by atoms with Crippen molar-refractivity contribution in [2.24, 2.45) is 0 Å². The summed E-state index contributed by atoms with van der Waals surface area (Å²) in [7, 11) is 0. The number of nitriles is 1. The second-order valence-corrected chi connectivity index (χ2v) is 8.95. The number of imide groups is 1. The van der Waals surface area contributed by atoms with E-state index in [2.05, 4.69) is 0 Å². The highest BCUT2D eigenvalue weighted by Crippen LogP contribution is 2.33. The van der Waals surface area contributed by atoms with Crippen molar-refractivity contribution in [1.82, 2.24) is 14.7 Å². The van der Waals surface area contributed by atoms with Crippen LogP contribution in [0.3, 0.4) is 0 Å². The second kappa shape index (κ2) is 10.6. The molecule has 188 valence electrons. The number of para-hydroxylation sites is 1. The van der Waals surface area contributed by atoms with Crippen molar-refractivity contribution in [2.45, 2.75) is 40.2 Å². The van der Waals surface area contributed by atoms with Gasteiger partial charge < -0.3 is 4.74 Å². The zero-order valence-electron chi connectivity index (χ0n) is 21.2. The SMILES string of the molecule is CCCOc1ccc(-c2nn(-c3ccccc3)cc2/C=C2/C(=O)N(C(C)C)C(=O)C(C#N)=C2C)cc1F. The number of hydrogen-bond donors (Lipinski definition) is 0. The van der Waals surface area contributed by atoms with Gasteiger partial charge in [-0.2, -0.15) is 10.4 Å². The van der Waals surface area contributed by atoms with E-state index >= 15 is 0 Å². The summed E-state index contributed by atoms with van der Waals surface area (Å²) < 4.78 is 22.0. The number of rotatable bonds is 7. The zero-order valence-corrected chi connectivity index (χ0v) is 21.2. The lowest BCUT2D eigenvalue weighted by Crippen LogP contribution is -2.46.